The van der Waals surface area contributed by atoms with Gasteiger partial charge in [0, 0.05) is 16.6 Å². The zero-order valence-corrected chi connectivity index (χ0v) is 18.4. The van der Waals surface area contributed by atoms with Crippen LogP contribution in [-0.2, 0) is 9.59 Å². The number of ketones is 1. The third-order valence-corrected chi connectivity index (χ3v) is 5.25. The standard InChI is InChI=1S/C23H24BrNO5/c1-14(2)13-30-18-8-6-15(7-9-18)21(27)19-20(16-4-3-5-17(24)12-16)25(10-11-26)23(29)22(19)28/h3-9,12,14,20,26-27H,10-11,13H2,1-2H3/t20-/m0/s1. The van der Waals surface area contributed by atoms with Gasteiger partial charge in [-0.2, -0.15) is 0 Å². The van der Waals surface area contributed by atoms with Crippen molar-refractivity contribution in [2.45, 2.75) is 19.9 Å². The normalized spacial score (nSPS) is 18.3. The number of β-amino-alcohol motifs (C(OH)–C–C–N with tert-alkyl or cyclic N) is 1. The Kier molecular flexibility index (Phi) is 6.95. The summed E-state index contributed by atoms with van der Waals surface area (Å²) in [5, 5.41) is 20.4. The molecule has 1 fully saturated rings. The van der Waals surface area contributed by atoms with Gasteiger partial charge in [0.2, 0.25) is 0 Å². The lowest BCUT2D eigenvalue weighted by molar-refractivity contribution is -0.140. The number of aliphatic hydroxyl groups is 2. The summed E-state index contributed by atoms with van der Waals surface area (Å²) >= 11 is 3.40. The molecule has 3 rings (SSSR count). The van der Waals surface area contributed by atoms with Crippen molar-refractivity contribution in [3.63, 3.8) is 0 Å². The first kappa shape index (κ1) is 22.1. The Morgan fingerprint density at radius 3 is 2.47 bits per heavy atom. The first-order valence-corrected chi connectivity index (χ1v) is 10.5. The van der Waals surface area contributed by atoms with Crippen LogP contribution in [0.3, 0.4) is 0 Å². The maximum atomic E-state index is 12.8. The summed E-state index contributed by atoms with van der Waals surface area (Å²) in [5.74, 6) is -0.733. The molecule has 1 heterocycles. The van der Waals surface area contributed by atoms with E-state index in [1.165, 1.54) is 4.90 Å². The van der Waals surface area contributed by atoms with Crippen LogP contribution >= 0.6 is 15.9 Å². The van der Waals surface area contributed by atoms with Crippen LogP contribution in [0.5, 0.6) is 5.75 Å². The van der Waals surface area contributed by atoms with Crippen molar-refractivity contribution in [2.24, 2.45) is 5.92 Å². The molecule has 0 spiro atoms. The zero-order valence-electron chi connectivity index (χ0n) is 16.8. The van der Waals surface area contributed by atoms with E-state index in [1.807, 2.05) is 19.9 Å². The lowest BCUT2D eigenvalue weighted by Gasteiger charge is -2.24. The molecular formula is C23H24BrNO5. The number of aliphatic hydroxyl groups excluding tert-OH is 2. The highest BCUT2D eigenvalue weighted by Gasteiger charge is 2.45. The summed E-state index contributed by atoms with van der Waals surface area (Å²) in [6.45, 7) is 4.36. The molecule has 1 amide bonds. The van der Waals surface area contributed by atoms with E-state index >= 15 is 0 Å². The lowest BCUT2D eigenvalue weighted by atomic mass is 9.95. The molecule has 0 unspecified atom stereocenters. The minimum atomic E-state index is -0.786. The molecule has 2 aromatic carbocycles. The van der Waals surface area contributed by atoms with Gasteiger partial charge in [-0.05, 0) is 47.9 Å². The minimum Gasteiger partial charge on any atom is -0.507 e. The molecule has 30 heavy (non-hydrogen) atoms. The van der Waals surface area contributed by atoms with E-state index in [1.54, 1.807) is 42.5 Å². The molecule has 2 aromatic rings. The SMILES string of the molecule is CC(C)COc1ccc(C(O)=C2C(=O)C(=O)N(CCO)[C@H]2c2cccc(Br)c2)cc1. The number of Topliss-reactive ketones (excluding diaryl/α,β-unsaturated/α-hetero) is 1. The highest BCUT2D eigenvalue weighted by Crippen LogP contribution is 2.39. The molecule has 158 valence electrons. The monoisotopic (exact) mass is 473 g/mol. The van der Waals surface area contributed by atoms with E-state index in [2.05, 4.69) is 15.9 Å². The van der Waals surface area contributed by atoms with Gasteiger partial charge in [-0.1, -0.05) is 41.9 Å². The molecule has 0 saturated carbocycles. The number of carbonyl (C=O) groups is 2. The van der Waals surface area contributed by atoms with Crippen LogP contribution in [0.1, 0.15) is 31.0 Å². The van der Waals surface area contributed by atoms with Gasteiger partial charge in [0.25, 0.3) is 11.7 Å². The minimum absolute atomic E-state index is 0.00222. The predicted octanol–water partition coefficient (Wildman–Crippen LogP) is 3.90. The summed E-state index contributed by atoms with van der Waals surface area (Å²) in [5.41, 5.74) is 1.08. The number of ether oxygens (including phenoxy) is 1. The maximum absolute atomic E-state index is 12.8. The van der Waals surface area contributed by atoms with E-state index in [0.29, 0.717) is 29.4 Å². The number of benzene rings is 2. The van der Waals surface area contributed by atoms with Crippen molar-refractivity contribution in [1.29, 1.82) is 0 Å². The number of hydrogen-bond donors (Lipinski definition) is 2. The number of halogens is 1. The molecule has 0 bridgehead atoms. The topological polar surface area (TPSA) is 87.1 Å². The molecule has 1 aliphatic heterocycles. The molecule has 1 aliphatic rings. The third-order valence-electron chi connectivity index (χ3n) is 4.76. The van der Waals surface area contributed by atoms with E-state index in [9.17, 15) is 19.8 Å². The first-order valence-electron chi connectivity index (χ1n) is 9.71. The Labute approximate surface area is 183 Å². The summed E-state index contributed by atoms with van der Waals surface area (Å²) in [6, 6.07) is 13.2. The van der Waals surface area contributed by atoms with Crippen LogP contribution in [0.25, 0.3) is 5.76 Å². The number of nitrogens with zero attached hydrogens (tertiary/aromatic N) is 1. The van der Waals surface area contributed by atoms with Gasteiger partial charge < -0.3 is 19.8 Å². The Balaban J connectivity index is 2.04. The van der Waals surface area contributed by atoms with Crippen LogP contribution in [-0.4, -0.2) is 46.6 Å². The highest BCUT2D eigenvalue weighted by molar-refractivity contribution is 9.10. The average Bonchev–Trinajstić information content (AvgIpc) is 2.97. The summed E-state index contributed by atoms with van der Waals surface area (Å²) in [6.07, 6.45) is 0. The Hall–Kier alpha value is -2.64. The number of likely N-dealkylation sites (tertiary alicyclic amines) is 1. The largest absolute Gasteiger partial charge is 0.507 e. The molecule has 6 nitrogen and oxygen atoms in total. The van der Waals surface area contributed by atoms with Crippen molar-refractivity contribution < 1.29 is 24.5 Å². The summed E-state index contributed by atoms with van der Waals surface area (Å²) in [7, 11) is 0. The fourth-order valence-corrected chi connectivity index (χ4v) is 3.79. The smallest absolute Gasteiger partial charge is 0.295 e. The third kappa shape index (κ3) is 4.57. The molecule has 1 atom stereocenters. The van der Waals surface area contributed by atoms with Crippen LogP contribution in [0.2, 0.25) is 0 Å². The Morgan fingerprint density at radius 1 is 1.17 bits per heavy atom. The molecular weight excluding hydrogens is 450 g/mol. The van der Waals surface area contributed by atoms with Gasteiger partial charge in [-0.15, -0.1) is 0 Å². The quantitative estimate of drug-likeness (QED) is 0.361. The predicted molar refractivity (Wildman–Crippen MR) is 117 cm³/mol. The highest BCUT2D eigenvalue weighted by atomic mass is 79.9. The van der Waals surface area contributed by atoms with Gasteiger partial charge >= 0.3 is 0 Å². The van der Waals surface area contributed by atoms with Gasteiger partial charge in [0.15, 0.2) is 0 Å². The van der Waals surface area contributed by atoms with Crippen LogP contribution < -0.4 is 4.74 Å². The van der Waals surface area contributed by atoms with Crippen molar-refractivity contribution in [2.75, 3.05) is 19.8 Å². The fourth-order valence-electron chi connectivity index (χ4n) is 3.37. The fraction of sp³-hybridized carbons (Fsp3) is 0.304. The Morgan fingerprint density at radius 2 is 1.87 bits per heavy atom. The van der Waals surface area contributed by atoms with E-state index < -0.39 is 17.7 Å². The molecule has 0 radical (unpaired) electrons. The number of carbonyl (C=O) groups excluding carboxylic acids is 2. The van der Waals surface area contributed by atoms with Gasteiger partial charge in [0.1, 0.15) is 11.5 Å². The van der Waals surface area contributed by atoms with E-state index in [4.69, 9.17) is 4.74 Å². The van der Waals surface area contributed by atoms with Crippen LogP contribution in [0.15, 0.2) is 58.6 Å². The Bertz CT molecular complexity index is 968. The van der Waals surface area contributed by atoms with Gasteiger partial charge in [-0.25, -0.2) is 0 Å². The van der Waals surface area contributed by atoms with Crippen molar-refractivity contribution in [3.8, 4) is 5.75 Å². The van der Waals surface area contributed by atoms with Crippen molar-refractivity contribution in [3.05, 3.63) is 69.7 Å². The molecule has 1 saturated heterocycles. The van der Waals surface area contributed by atoms with Gasteiger partial charge in [-0.3, -0.25) is 9.59 Å². The van der Waals surface area contributed by atoms with Crippen LogP contribution in [0, 0.1) is 5.92 Å². The van der Waals surface area contributed by atoms with Crippen molar-refractivity contribution >= 4 is 33.4 Å². The lowest BCUT2D eigenvalue weighted by Crippen LogP contribution is -2.32. The number of rotatable bonds is 7. The van der Waals surface area contributed by atoms with E-state index in [0.717, 1.165) is 4.47 Å². The second kappa shape index (κ2) is 9.45. The maximum Gasteiger partial charge on any atom is 0.295 e. The second-order valence-corrected chi connectivity index (χ2v) is 8.42. The molecule has 0 aliphatic carbocycles. The molecule has 2 N–H and O–H groups in total. The first-order chi connectivity index (χ1) is 14.3. The van der Waals surface area contributed by atoms with Crippen molar-refractivity contribution in [1.82, 2.24) is 4.90 Å². The second-order valence-electron chi connectivity index (χ2n) is 7.50. The molecule has 7 heteroatoms. The molecule has 0 aromatic heterocycles. The average molecular weight is 474 g/mol. The summed E-state index contributed by atoms with van der Waals surface area (Å²) in [4.78, 5) is 26.7. The van der Waals surface area contributed by atoms with E-state index in [-0.39, 0.29) is 24.5 Å². The summed E-state index contributed by atoms with van der Waals surface area (Å²) < 4.78 is 6.44. The zero-order chi connectivity index (χ0) is 21.8. The van der Waals surface area contributed by atoms with Gasteiger partial charge in [0.05, 0.1) is 24.8 Å². The number of hydrogen-bond acceptors (Lipinski definition) is 5. The van der Waals surface area contributed by atoms with Crippen LogP contribution in [0.4, 0.5) is 0 Å². The number of amides is 1.